The number of phenolic OH excluding ortho intramolecular Hbond substituents is 1. The average molecular weight is 329 g/mol. The van der Waals surface area contributed by atoms with Gasteiger partial charge in [0.15, 0.2) is 0 Å². The van der Waals surface area contributed by atoms with Crippen LogP contribution in [0.5, 0.6) is 5.75 Å². The fourth-order valence-corrected chi connectivity index (χ4v) is 2.58. The van der Waals surface area contributed by atoms with Gasteiger partial charge in [0.2, 0.25) is 0 Å². The van der Waals surface area contributed by atoms with Crippen molar-refractivity contribution >= 4 is 5.57 Å². The van der Waals surface area contributed by atoms with Gasteiger partial charge < -0.3 is 9.63 Å². The van der Waals surface area contributed by atoms with Gasteiger partial charge in [0.25, 0.3) is 0 Å². The summed E-state index contributed by atoms with van der Waals surface area (Å²) >= 11 is 0. The van der Waals surface area contributed by atoms with Gasteiger partial charge in [0, 0.05) is 5.56 Å². The van der Waals surface area contributed by atoms with Gasteiger partial charge in [0.05, 0.1) is 5.69 Å². The summed E-state index contributed by atoms with van der Waals surface area (Å²) in [5.74, 6) is 1.28. The summed E-state index contributed by atoms with van der Waals surface area (Å²) < 4.78 is 5.20. The van der Waals surface area contributed by atoms with Gasteiger partial charge >= 0.3 is 0 Å². The van der Waals surface area contributed by atoms with E-state index in [2.05, 4.69) is 38.9 Å². The second-order valence-electron chi connectivity index (χ2n) is 6.01. The minimum Gasteiger partial charge on any atom is -0.508 e. The maximum atomic E-state index is 8.92. The summed E-state index contributed by atoms with van der Waals surface area (Å²) in [6, 6.07) is 7.37. The number of allylic oxidation sites excluding steroid dienone is 2. The van der Waals surface area contributed by atoms with Crippen LogP contribution in [0, 0.1) is 6.92 Å². The standard InChI is InChI=1S/C12H19NO.C9H12O/c1-5-7-8-9(3)12-10(4)14-13-11(12)6-2;1-2-3-8-4-6-9(10)7-5-8/h8H,5-7H2,1-4H3;4-7,10H,2-3H2,1H3/b9-8-;. The molecule has 0 amide bonds. The lowest BCUT2D eigenvalue weighted by molar-refractivity contribution is 0.391. The van der Waals surface area contributed by atoms with E-state index >= 15 is 0 Å². The molecule has 132 valence electrons. The molecule has 1 heterocycles. The molecular weight excluding hydrogens is 298 g/mol. The SMILES string of the molecule is CCC/C=C(/C)c1c(CC)noc1C.CCCc1ccc(O)cc1. The number of hydrogen-bond acceptors (Lipinski definition) is 3. The molecule has 0 atom stereocenters. The Hall–Kier alpha value is -2.03. The van der Waals surface area contributed by atoms with E-state index < -0.39 is 0 Å². The monoisotopic (exact) mass is 329 g/mol. The molecule has 0 radical (unpaired) electrons. The van der Waals surface area contributed by atoms with Crippen LogP contribution in [0.3, 0.4) is 0 Å². The van der Waals surface area contributed by atoms with Gasteiger partial charge in [-0.05, 0) is 56.4 Å². The Morgan fingerprint density at radius 2 is 1.79 bits per heavy atom. The van der Waals surface area contributed by atoms with Crippen molar-refractivity contribution in [2.24, 2.45) is 0 Å². The van der Waals surface area contributed by atoms with Gasteiger partial charge in [-0.3, -0.25) is 0 Å². The molecule has 2 rings (SSSR count). The second-order valence-corrected chi connectivity index (χ2v) is 6.01. The number of benzene rings is 1. The number of unbranched alkanes of at least 4 members (excludes halogenated alkanes) is 1. The van der Waals surface area contributed by atoms with Crippen LogP contribution in [0.2, 0.25) is 0 Å². The number of hydrogen-bond donors (Lipinski definition) is 1. The molecule has 0 aliphatic carbocycles. The molecule has 0 aliphatic rings. The van der Waals surface area contributed by atoms with Crippen LogP contribution >= 0.6 is 0 Å². The van der Waals surface area contributed by atoms with E-state index in [9.17, 15) is 0 Å². The Kier molecular flexibility index (Phi) is 8.92. The van der Waals surface area contributed by atoms with E-state index in [0.29, 0.717) is 5.75 Å². The van der Waals surface area contributed by atoms with Crippen LogP contribution in [0.1, 0.15) is 69.5 Å². The van der Waals surface area contributed by atoms with Gasteiger partial charge in [-0.15, -0.1) is 0 Å². The lowest BCUT2D eigenvalue weighted by atomic mass is 10.0. The first-order valence-electron chi connectivity index (χ1n) is 8.93. The molecule has 0 bridgehead atoms. The van der Waals surface area contributed by atoms with E-state index in [0.717, 1.165) is 37.1 Å². The van der Waals surface area contributed by atoms with Crippen molar-refractivity contribution < 1.29 is 9.63 Å². The van der Waals surface area contributed by atoms with Crippen molar-refractivity contribution in [3.63, 3.8) is 0 Å². The Balaban J connectivity index is 0.000000254. The van der Waals surface area contributed by atoms with Gasteiger partial charge in [-0.1, -0.05) is 57.0 Å². The maximum Gasteiger partial charge on any atom is 0.141 e. The lowest BCUT2D eigenvalue weighted by Crippen LogP contribution is -1.88. The molecule has 24 heavy (non-hydrogen) atoms. The van der Waals surface area contributed by atoms with Gasteiger partial charge in [-0.25, -0.2) is 0 Å². The zero-order valence-electron chi connectivity index (χ0n) is 15.7. The van der Waals surface area contributed by atoms with Crippen LogP contribution < -0.4 is 0 Å². The highest BCUT2D eigenvalue weighted by Crippen LogP contribution is 2.23. The highest BCUT2D eigenvalue weighted by molar-refractivity contribution is 5.66. The lowest BCUT2D eigenvalue weighted by Gasteiger charge is -2.00. The van der Waals surface area contributed by atoms with Crippen LogP contribution in [0.4, 0.5) is 0 Å². The normalized spacial score (nSPS) is 11.1. The smallest absolute Gasteiger partial charge is 0.141 e. The molecule has 0 saturated carbocycles. The maximum absolute atomic E-state index is 8.92. The van der Waals surface area contributed by atoms with Crippen molar-refractivity contribution in [3.05, 3.63) is 52.9 Å². The number of aromatic nitrogens is 1. The molecular formula is C21H31NO2. The first-order valence-corrected chi connectivity index (χ1v) is 8.93. The Morgan fingerprint density at radius 3 is 2.33 bits per heavy atom. The number of phenols is 1. The number of aromatic hydroxyl groups is 1. The number of nitrogens with zero attached hydrogens (tertiary/aromatic N) is 1. The fraction of sp³-hybridized carbons (Fsp3) is 0.476. The first kappa shape index (κ1) is 20.0. The predicted molar refractivity (Wildman–Crippen MR) is 101 cm³/mol. The predicted octanol–water partition coefficient (Wildman–Crippen LogP) is 6.09. The van der Waals surface area contributed by atoms with Crippen molar-refractivity contribution in [2.75, 3.05) is 0 Å². The summed E-state index contributed by atoms with van der Waals surface area (Å²) in [6.07, 6.45) is 7.76. The van der Waals surface area contributed by atoms with Gasteiger partial charge in [0.1, 0.15) is 11.5 Å². The van der Waals surface area contributed by atoms with Crippen molar-refractivity contribution in [2.45, 2.75) is 66.7 Å². The molecule has 1 aromatic carbocycles. The summed E-state index contributed by atoms with van der Waals surface area (Å²) in [7, 11) is 0. The molecule has 0 spiro atoms. The van der Waals surface area contributed by atoms with E-state index in [1.54, 1.807) is 12.1 Å². The Bertz CT molecular complexity index is 624. The molecule has 0 fully saturated rings. The third-order valence-corrected chi connectivity index (χ3v) is 3.88. The minimum atomic E-state index is 0.347. The third kappa shape index (κ3) is 6.23. The zero-order chi connectivity index (χ0) is 17.9. The average Bonchev–Trinajstić information content (AvgIpc) is 2.96. The molecule has 1 N–H and O–H groups in total. The Labute approximate surface area is 146 Å². The summed E-state index contributed by atoms with van der Waals surface area (Å²) in [4.78, 5) is 0. The summed E-state index contributed by atoms with van der Waals surface area (Å²) in [6.45, 7) is 10.5. The minimum absolute atomic E-state index is 0.347. The summed E-state index contributed by atoms with van der Waals surface area (Å²) in [5.41, 5.74) is 4.87. The highest BCUT2D eigenvalue weighted by Gasteiger charge is 2.11. The molecule has 3 nitrogen and oxygen atoms in total. The quantitative estimate of drug-likeness (QED) is 0.697. The van der Waals surface area contributed by atoms with E-state index in [1.807, 2.05) is 19.1 Å². The molecule has 3 heteroatoms. The third-order valence-electron chi connectivity index (χ3n) is 3.88. The number of aryl methyl sites for hydroxylation is 3. The van der Waals surface area contributed by atoms with E-state index in [-0.39, 0.29) is 0 Å². The second kappa shape index (κ2) is 10.7. The van der Waals surface area contributed by atoms with E-state index in [4.69, 9.17) is 9.63 Å². The molecule has 2 aromatic rings. The van der Waals surface area contributed by atoms with Crippen LogP contribution in [0.25, 0.3) is 5.57 Å². The molecule has 0 saturated heterocycles. The van der Waals surface area contributed by atoms with Gasteiger partial charge in [-0.2, -0.15) is 0 Å². The van der Waals surface area contributed by atoms with Crippen LogP contribution in [-0.2, 0) is 12.8 Å². The fourth-order valence-electron chi connectivity index (χ4n) is 2.58. The largest absolute Gasteiger partial charge is 0.508 e. The highest BCUT2D eigenvalue weighted by atomic mass is 16.5. The van der Waals surface area contributed by atoms with Crippen molar-refractivity contribution in [1.82, 2.24) is 5.16 Å². The molecule has 0 aliphatic heterocycles. The van der Waals surface area contributed by atoms with Crippen LogP contribution in [-0.4, -0.2) is 10.3 Å². The van der Waals surface area contributed by atoms with E-state index in [1.165, 1.54) is 23.1 Å². The molecule has 1 aromatic heterocycles. The Morgan fingerprint density at radius 1 is 1.12 bits per heavy atom. The van der Waals surface area contributed by atoms with Crippen molar-refractivity contribution in [3.8, 4) is 5.75 Å². The van der Waals surface area contributed by atoms with Crippen LogP contribution in [0.15, 0.2) is 34.9 Å². The topological polar surface area (TPSA) is 46.3 Å². The first-order chi connectivity index (χ1) is 11.5. The summed E-state index contributed by atoms with van der Waals surface area (Å²) in [5, 5.41) is 13.0. The molecule has 0 unspecified atom stereocenters. The number of rotatable bonds is 6. The van der Waals surface area contributed by atoms with Crippen molar-refractivity contribution in [1.29, 1.82) is 0 Å². The zero-order valence-corrected chi connectivity index (χ0v) is 15.7.